The molecule has 0 aromatic rings. The van der Waals surface area contributed by atoms with Gasteiger partial charge in [0.25, 0.3) is 0 Å². The largest absolute Gasteiger partial charge is 0.379 e. The van der Waals surface area contributed by atoms with Crippen LogP contribution < -0.4 is 21.3 Å². The Balaban J connectivity index is 6.37. The highest BCUT2D eigenvalue weighted by molar-refractivity contribution is 5.97. The molecular weight excluding hydrogens is 823 g/mol. The van der Waals surface area contributed by atoms with Gasteiger partial charge in [-0.25, -0.2) is 0 Å². The van der Waals surface area contributed by atoms with E-state index >= 15 is 0 Å². The zero-order chi connectivity index (χ0) is 49.8. The standard InChI is InChI=1S/C46H87N9O9/c1-19-21-38(56)52(15)37(27-64-23-20-22-51(13)14)45(62)54(17)36(26-30(6)7)43(60)50-39(31(8)9)46(63)55(18)35(25-29(4)5)42(59)48-32(10)40(57)49-33(11)44(61)53(16)34(24-28(2)3)41(58)47-12/h28-37,39H,19-27H2,1-18H3,(H,47,58)(H,48,59)(H,49,57)(H,50,60)/t32-,33+,34+,35+,36+,37-,39+/m1/s1. The summed E-state index contributed by atoms with van der Waals surface area (Å²) in [5.41, 5.74) is 0. The number of hydrogen-bond donors (Lipinski definition) is 4. The fourth-order valence-corrected chi connectivity index (χ4v) is 7.18. The lowest BCUT2D eigenvalue weighted by molar-refractivity contribution is -0.151. The van der Waals surface area contributed by atoms with Crippen molar-refractivity contribution in [2.75, 3.05) is 69.1 Å². The Labute approximate surface area is 385 Å². The zero-order valence-corrected chi connectivity index (χ0v) is 42.6. The smallest absolute Gasteiger partial charge is 0.248 e. The summed E-state index contributed by atoms with van der Waals surface area (Å²) in [6.45, 7) is 21.0. The normalized spacial score (nSPS) is 14.9. The van der Waals surface area contributed by atoms with Gasteiger partial charge in [-0.2, -0.15) is 0 Å². The van der Waals surface area contributed by atoms with E-state index in [2.05, 4.69) is 21.3 Å². The number of rotatable bonds is 29. The second-order valence-electron chi connectivity index (χ2n) is 19.1. The zero-order valence-electron chi connectivity index (χ0n) is 42.6. The maximum absolute atomic E-state index is 14.4. The first-order chi connectivity index (χ1) is 29.6. The fourth-order valence-electron chi connectivity index (χ4n) is 7.18. The Morgan fingerprint density at radius 1 is 0.516 bits per heavy atom. The van der Waals surface area contributed by atoms with E-state index in [0.717, 1.165) is 13.0 Å². The first kappa shape index (κ1) is 59.7. The van der Waals surface area contributed by atoms with E-state index in [4.69, 9.17) is 4.74 Å². The van der Waals surface area contributed by atoms with Crippen LogP contribution in [0.2, 0.25) is 0 Å². The Bertz CT molecular complexity index is 1520. The third-order valence-corrected chi connectivity index (χ3v) is 11.2. The molecular formula is C46H87N9O9. The number of likely N-dealkylation sites (N-methyl/N-ethyl adjacent to an activating group) is 5. The second-order valence-corrected chi connectivity index (χ2v) is 19.1. The molecule has 8 amide bonds. The van der Waals surface area contributed by atoms with Crippen LogP contribution in [0.5, 0.6) is 0 Å². The molecule has 0 unspecified atom stereocenters. The summed E-state index contributed by atoms with van der Waals surface area (Å²) in [7, 11) is 11.5. The van der Waals surface area contributed by atoms with Crippen LogP contribution in [-0.4, -0.2) is 183 Å². The summed E-state index contributed by atoms with van der Waals surface area (Å²) < 4.78 is 5.91. The molecule has 0 aromatic heterocycles. The number of hydrogen-bond acceptors (Lipinski definition) is 10. The summed E-state index contributed by atoms with van der Waals surface area (Å²) in [4.78, 5) is 117. The quantitative estimate of drug-likeness (QED) is 0.0804. The van der Waals surface area contributed by atoms with Crippen LogP contribution in [0, 0.1) is 23.7 Å². The number of nitrogens with one attached hydrogen (secondary N) is 4. The van der Waals surface area contributed by atoms with Crippen molar-refractivity contribution in [1.29, 1.82) is 0 Å². The monoisotopic (exact) mass is 910 g/mol. The lowest BCUT2D eigenvalue weighted by atomic mass is 9.96. The van der Waals surface area contributed by atoms with Gasteiger partial charge < -0.3 is 50.5 Å². The summed E-state index contributed by atoms with van der Waals surface area (Å²) in [5, 5.41) is 10.8. The van der Waals surface area contributed by atoms with Crippen LogP contribution in [0.25, 0.3) is 0 Å². The van der Waals surface area contributed by atoms with Gasteiger partial charge in [0.05, 0.1) is 6.61 Å². The van der Waals surface area contributed by atoms with Gasteiger partial charge in [-0.1, -0.05) is 62.3 Å². The van der Waals surface area contributed by atoms with E-state index in [1.54, 1.807) is 20.9 Å². The summed E-state index contributed by atoms with van der Waals surface area (Å²) in [5.74, 6) is -4.24. The summed E-state index contributed by atoms with van der Waals surface area (Å²) >= 11 is 0. The molecule has 64 heavy (non-hydrogen) atoms. The Hall–Kier alpha value is -4.32. The molecule has 0 rings (SSSR count). The summed E-state index contributed by atoms with van der Waals surface area (Å²) in [6.07, 6.45) is 2.47. The van der Waals surface area contributed by atoms with Gasteiger partial charge in [0.15, 0.2) is 0 Å². The molecule has 0 spiro atoms. The van der Waals surface area contributed by atoms with Crippen LogP contribution in [0.4, 0.5) is 0 Å². The molecule has 0 bridgehead atoms. The molecule has 0 heterocycles. The molecule has 0 aliphatic rings. The molecule has 0 fully saturated rings. The molecule has 4 N–H and O–H groups in total. The molecule has 0 aromatic carbocycles. The minimum Gasteiger partial charge on any atom is -0.379 e. The van der Waals surface area contributed by atoms with Crippen molar-refractivity contribution in [3.05, 3.63) is 0 Å². The van der Waals surface area contributed by atoms with Crippen LogP contribution in [0.1, 0.15) is 115 Å². The highest BCUT2D eigenvalue weighted by Crippen LogP contribution is 2.19. The van der Waals surface area contributed by atoms with Crippen molar-refractivity contribution in [1.82, 2.24) is 45.8 Å². The lowest BCUT2D eigenvalue weighted by Crippen LogP contribution is -2.61. The molecule has 0 aliphatic heterocycles. The molecule has 0 aliphatic carbocycles. The molecule has 370 valence electrons. The maximum Gasteiger partial charge on any atom is 0.248 e. The van der Waals surface area contributed by atoms with E-state index in [0.29, 0.717) is 19.4 Å². The van der Waals surface area contributed by atoms with Crippen molar-refractivity contribution >= 4 is 47.3 Å². The van der Waals surface area contributed by atoms with Gasteiger partial charge in [0.1, 0.15) is 42.3 Å². The topological polar surface area (TPSA) is 210 Å². The fraction of sp³-hybridized carbons (Fsp3) is 0.826. The highest BCUT2D eigenvalue weighted by atomic mass is 16.5. The van der Waals surface area contributed by atoms with Crippen molar-refractivity contribution < 1.29 is 43.1 Å². The minimum absolute atomic E-state index is 0.0354. The van der Waals surface area contributed by atoms with Crippen LogP contribution in [-0.2, 0) is 43.1 Å². The van der Waals surface area contributed by atoms with Crippen molar-refractivity contribution in [3.63, 3.8) is 0 Å². The molecule has 7 atom stereocenters. The van der Waals surface area contributed by atoms with Crippen LogP contribution in [0.15, 0.2) is 0 Å². The van der Waals surface area contributed by atoms with Gasteiger partial charge in [-0.3, -0.25) is 38.4 Å². The lowest BCUT2D eigenvalue weighted by Gasteiger charge is -2.37. The van der Waals surface area contributed by atoms with Crippen molar-refractivity contribution in [2.45, 2.75) is 157 Å². The SMILES string of the molecule is CCCC(=O)N(C)[C@H](COCCCN(C)C)C(=O)N(C)[C@@H](CC(C)C)C(=O)N[C@H](C(=O)N(C)[C@@H](CC(C)C)C(=O)N[C@H](C)C(=O)N[C@@H](C)C(=O)N(C)[C@@H](CC(C)C)C(=O)NC)C(C)C. The highest BCUT2D eigenvalue weighted by Gasteiger charge is 2.40. The predicted octanol–water partition coefficient (Wildman–Crippen LogP) is 2.10. The first-order valence-corrected chi connectivity index (χ1v) is 23.0. The molecule has 0 saturated heterocycles. The Morgan fingerprint density at radius 2 is 0.953 bits per heavy atom. The molecule has 0 radical (unpaired) electrons. The number of ether oxygens (including phenoxy) is 1. The summed E-state index contributed by atoms with van der Waals surface area (Å²) in [6, 6.07) is -6.99. The van der Waals surface area contributed by atoms with Gasteiger partial charge in [-0.15, -0.1) is 0 Å². The van der Waals surface area contributed by atoms with Crippen LogP contribution in [0.3, 0.4) is 0 Å². The van der Waals surface area contributed by atoms with Crippen molar-refractivity contribution in [2.24, 2.45) is 23.7 Å². The molecule has 0 saturated carbocycles. The number of nitrogens with zero attached hydrogens (tertiary/aromatic N) is 5. The van der Waals surface area contributed by atoms with E-state index in [1.165, 1.54) is 61.6 Å². The van der Waals surface area contributed by atoms with Gasteiger partial charge in [-0.05, 0) is 90.3 Å². The van der Waals surface area contributed by atoms with Crippen molar-refractivity contribution in [3.8, 4) is 0 Å². The van der Waals surface area contributed by atoms with Gasteiger partial charge in [0.2, 0.25) is 47.3 Å². The first-order valence-electron chi connectivity index (χ1n) is 23.0. The van der Waals surface area contributed by atoms with E-state index in [9.17, 15) is 38.4 Å². The average molecular weight is 910 g/mol. The van der Waals surface area contributed by atoms with Gasteiger partial charge >= 0.3 is 0 Å². The third-order valence-electron chi connectivity index (χ3n) is 11.2. The maximum atomic E-state index is 14.4. The number of amides is 8. The average Bonchev–Trinajstić information content (AvgIpc) is 3.21. The molecule has 18 nitrogen and oxygen atoms in total. The molecule has 18 heteroatoms. The van der Waals surface area contributed by atoms with E-state index < -0.39 is 83.7 Å². The van der Waals surface area contributed by atoms with E-state index in [1.807, 2.05) is 67.5 Å². The second kappa shape index (κ2) is 29.3. The number of carbonyl (C=O) groups excluding carboxylic acids is 8. The minimum atomic E-state index is -1.11. The third kappa shape index (κ3) is 19.8. The Morgan fingerprint density at radius 3 is 1.39 bits per heavy atom. The Kier molecular flexibility index (Phi) is 27.3. The van der Waals surface area contributed by atoms with Crippen LogP contribution >= 0.6 is 0 Å². The van der Waals surface area contributed by atoms with Gasteiger partial charge in [0, 0.05) is 48.3 Å². The number of carbonyl (C=O) groups is 8. The van der Waals surface area contributed by atoms with E-state index in [-0.39, 0.29) is 55.4 Å². The predicted molar refractivity (Wildman–Crippen MR) is 250 cm³/mol.